The number of nitrogens with two attached hydrogens (primary N) is 3. The molecule has 5 nitrogen and oxygen atoms in total. The first kappa shape index (κ1) is 20.3. The lowest BCUT2D eigenvalue weighted by Gasteiger charge is -2.33. The summed E-state index contributed by atoms with van der Waals surface area (Å²) in [6, 6.07) is 38.6. The van der Waals surface area contributed by atoms with Crippen molar-refractivity contribution in [1.29, 1.82) is 0 Å². The van der Waals surface area contributed by atoms with Crippen molar-refractivity contribution in [3.63, 3.8) is 0 Å². The molecule has 0 aromatic heterocycles. The van der Waals surface area contributed by atoms with Crippen LogP contribution >= 0.6 is 0 Å². The van der Waals surface area contributed by atoms with Gasteiger partial charge < -0.3 is 5.73 Å². The van der Waals surface area contributed by atoms with Gasteiger partial charge in [0, 0.05) is 0 Å². The molecule has 5 rings (SSSR count). The molecule has 0 unspecified atom stereocenters. The summed E-state index contributed by atoms with van der Waals surface area (Å²) in [7, 11) is 0. The average Bonchev–Trinajstić information content (AvgIpc) is 3.12. The smallest absolute Gasteiger partial charge is 0.343 e. The first-order chi connectivity index (χ1) is 15.1. The summed E-state index contributed by atoms with van der Waals surface area (Å²) in [6.45, 7) is 0. The highest BCUT2D eigenvalue weighted by Crippen LogP contribution is 2.55. The normalized spacial score (nSPS) is 12.7. The number of amides is 2. The maximum atomic E-state index is 9.60. The molecule has 2 amide bonds. The van der Waals surface area contributed by atoms with Gasteiger partial charge in [0.15, 0.2) is 0 Å². The average molecular weight is 409 g/mol. The van der Waals surface area contributed by atoms with Gasteiger partial charge in [-0.2, -0.15) is 5.12 Å². The Morgan fingerprint density at radius 3 is 1.26 bits per heavy atom. The third-order valence-electron chi connectivity index (χ3n) is 5.62. The van der Waals surface area contributed by atoms with Crippen molar-refractivity contribution < 1.29 is 4.79 Å². The molecule has 1 aliphatic carbocycles. The SMILES string of the molecule is NC(=O)N(N)N.c1ccc(C2(c3ccccc3)c3ccccc3-c3ccccc32)cc1. The van der Waals surface area contributed by atoms with E-state index in [1.54, 1.807) is 0 Å². The third kappa shape index (κ3) is 3.46. The van der Waals surface area contributed by atoms with Gasteiger partial charge >= 0.3 is 6.03 Å². The third-order valence-corrected chi connectivity index (χ3v) is 5.62. The van der Waals surface area contributed by atoms with Gasteiger partial charge in [-0.25, -0.2) is 16.5 Å². The number of benzene rings is 4. The molecule has 4 aromatic rings. The van der Waals surface area contributed by atoms with Gasteiger partial charge in [-0.1, -0.05) is 109 Å². The largest absolute Gasteiger partial charge is 0.349 e. The Morgan fingerprint density at radius 1 is 0.581 bits per heavy atom. The molecule has 0 heterocycles. The predicted octanol–water partition coefficient (Wildman–Crippen LogP) is 4.16. The first-order valence-corrected chi connectivity index (χ1v) is 9.96. The zero-order valence-corrected chi connectivity index (χ0v) is 17.0. The van der Waals surface area contributed by atoms with Gasteiger partial charge in [0.1, 0.15) is 0 Å². The molecule has 5 heteroatoms. The standard InChI is InChI=1S/C25H18.CH6N4O/c1-3-11-19(12-4-1)25(20-13-5-2-6-14-20)23-17-9-7-15-21(23)22-16-8-10-18-24(22)25;2-1(6)5(3)4/h1-18H;3-4H2,(H2,2,6). The second-order valence-corrected chi connectivity index (χ2v) is 7.32. The number of carbonyl (C=O) groups excluding carboxylic acids is 1. The summed E-state index contributed by atoms with van der Waals surface area (Å²) in [4.78, 5) is 9.60. The summed E-state index contributed by atoms with van der Waals surface area (Å²) in [5.41, 5.74) is 12.3. The summed E-state index contributed by atoms with van der Waals surface area (Å²) < 4.78 is 0. The van der Waals surface area contributed by atoms with E-state index in [1.807, 2.05) is 0 Å². The monoisotopic (exact) mass is 408 g/mol. The van der Waals surface area contributed by atoms with Crippen LogP contribution < -0.4 is 17.4 Å². The van der Waals surface area contributed by atoms with E-state index in [1.165, 1.54) is 33.4 Å². The van der Waals surface area contributed by atoms with Crippen molar-refractivity contribution in [2.45, 2.75) is 5.41 Å². The summed E-state index contributed by atoms with van der Waals surface area (Å²) >= 11 is 0. The molecule has 31 heavy (non-hydrogen) atoms. The van der Waals surface area contributed by atoms with Crippen LogP contribution in [-0.2, 0) is 5.41 Å². The Bertz CT molecular complexity index is 1100. The summed E-state index contributed by atoms with van der Waals surface area (Å²) in [5, 5.41) is 0.306. The van der Waals surface area contributed by atoms with Crippen molar-refractivity contribution in [2.24, 2.45) is 17.4 Å². The van der Waals surface area contributed by atoms with Crippen LogP contribution in [0.1, 0.15) is 22.3 Å². The molecule has 0 saturated carbocycles. The number of urea groups is 1. The fourth-order valence-electron chi connectivity index (χ4n) is 4.40. The zero-order chi connectivity index (χ0) is 21.8. The number of hydrazine groups is 2. The fourth-order valence-corrected chi connectivity index (χ4v) is 4.40. The van der Waals surface area contributed by atoms with E-state index < -0.39 is 6.03 Å². The lowest BCUT2D eigenvalue weighted by molar-refractivity contribution is 0.210. The van der Waals surface area contributed by atoms with E-state index in [2.05, 4.69) is 127 Å². The number of nitrogens with zero attached hydrogens (tertiary/aromatic N) is 1. The Balaban J connectivity index is 0.000000342. The number of rotatable bonds is 2. The van der Waals surface area contributed by atoms with Gasteiger partial charge in [0.25, 0.3) is 0 Å². The second kappa shape index (κ2) is 8.44. The van der Waals surface area contributed by atoms with Crippen LogP contribution in [0, 0.1) is 0 Å². The van der Waals surface area contributed by atoms with Gasteiger partial charge in [0.2, 0.25) is 0 Å². The topological polar surface area (TPSA) is 98.4 Å². The van der Waals surface area contributed by atoms with E-state index in [9.17, 15) is 4.79 Å². The first-order valence-electron chi connectivity index (χ1n) is 9.96. The molecule has 0 bridgehead atoms. The summed E-state index contributed by atoms with van der Waals surface area (Å²) in [6.07, 6.45) is 0. The predicted molar refractivity (Wildman–Crippen MR) is 124 cm³/mol. The number of hydrogen-bond donors (Lipinski definition) is 3. The van der Waals surface area contributed by atoms with Crippen molar-refractivity contribution >= 4 is 6.03 Å². The van der Waals surface area contributed by atoms with Crippen molar-refractivity contribution in [2.75, 3.05) is 0 Å². The maximum absolute atomic E-state index is 9.60. The van der Waals surface area contributed by atoms with Crippen LogP contribution in [0.25, 0.3) is 11.1 Å². The van der Waals surface area contributed by atoms with Gasteiger partial charge in [0.05, 0.1) is 5.41 Å². The number of primary amides is 1. The fraction of sp³-hybridized carbons (Fsp3) is 0.0385. The Morgan fingerprint density at radius 2 is 0.903 bits per heavy atom. The molecule has 0 saturated heterocycles. The van der Waals surface area contributed by atoms with Crippen LogP contribution in [0.2, 0.25) is 0 Å². The van der Waals surface area contributed by atoms with Crippen LogP contribution in [0.4, 0.5) is 4.79 Å². The minimum atomic E-state index is -0.852. The molecule has 0 spiro atoms. The van der Waals surface area contributed by atoms with E-state index >= 15 is 0 Å². The van der Waals surface area contributed by atoms with Gasteiger partial charge in [-0.3, -0.25) is 0 Å². The highest BCUT2D eigenvalue weighted by Gasteiger charge is 2.45. The highest BCUT2D eigenvalue weighted by atomic mass is 16.2. The van der Waals surface area contributed by atoms with Crippen molar-refractivity contribution in [3.05, 3.63) is 131 Å². The molecule has 0 radical (unpaired) electrons. The number of fused-ring (bicyclic) bond motifs is 3. The van der Waals surface area contributed by atoms with Crippen LogP contribution in [0.15, 0.2) is 109 Å². The Hall–Kier alpha value is -3.93. The Labute approximate surface area is 181 Å². The second-order valence-electron chi connectivity index (χ2n) is 7.32. The summed E-state index contributed by atoms with van der Waals surface area (Å²) in [5.74, 6) is 9.14. The van der Waals surface area contributed by atoms with Gasteiger partial charge in [-0.05, 0) is 33.4 Å². The van der Waals surface area contributed by atoms with Crippen molar-refractivity contribution in [3.8, 4) is 11.1 Å². The maximum Gasteiger partial charge on any atom is 0.343 e. The van der Waals surface area contributed by atoms with E-state index in [4.69, 9.17) is 0 Å². The lowest BCUT2D eigenvalue weighted by atomic mass is 9.68. The molecular weight excluding hydrogens is 384 g/mol. The molecule has 4 aromatic carbocycles. The number of carbonyl (C=O) groups is 1. The molecule has 0 fully saturated rings. The van der Waals surface area contributed by atoms with Crippen LogP contribution in [-0.4, -0.2) is 11.1 Å². The van der Waals surface area contributed by atoms with Crippen molar-refractivity contribution in [1.82, 2.24) is 5.12 Å². The minimum absolute atomic E-state index is 0.254. The van der Waals surface area contributed by atoms with Crippen LogP contribution in [0.3, 0.4) is 0 Å². The van der Waals surface area contributed by atoms with E-state index in [-0.39, 0.29) is 5.41 Å². The van der Waals surface area contributed by atoms with Gasteiger partial charge in [-0.15, -0.1) is 0 Å². The molecular formula is C26H24N4O. The molecule has 1 aliphatic rings. The Kier molecular flexibility index (Phi) is 5.54. The minimum Gasteiger partial charge on any atom is -0.349 e. The lowest BCUT2D eigenvalue weighted by Crippen LogP contribution is -2.46. The number of hydrogen-bond acceptors (Lipinski definition) is 3. The molecule has 0 aliphatic heterocycles. The molecule has 6 N–H and O–H groups in total. The van der Waals surface area contributed by atoms with Crippen LogP contribution in [0.5, 0.6) is 0 Å². The van der Waals surface area contributed by atoms with E-state index in [0.717, 1.165) is 0 Å². The molecule has 154 valence electrons. The quantitative estimate of drug-likeness (QED) is 0.232. The zero-order valence-electron chi connectivity index (χ0n) is 17.0. The highest BCUT2D eigenvalue weighted by molar-refractivity contribution is 5.86. The molecule has 0 atom stereocenters. The van der Waals surface area contributed by atoms with E-state index in [0.29, 0.717) is 5.12 Å².